The van der Waals surface area contributed by atoms with Crippen LogP contribution >= 0.6 is 0 Å². The van der Waals surface area contributed by atoms with Crippen LogP contribution in [0.3, 0.4) is 0 Å². The maximum absolute atomic E-state index is 12.2. The minimum atomic E-state index is 0.207. The quantitative estimate of drug-likeness (QED) is 0.862. The molecule has 1 aliphatic rings. The second-order valence-corrected chi connectivity index (χ2v) is 6.08. The first-order valence-corrected chi connectivity index (χ1v) is 8.72. The van der Waals surface area contributed by atoms with Gasteiger partial charge in [0, 0.05) is 38.0 Å². The van der Waals surface area contributed by atoms with E-state index in [4.69, 9.17) is 9.26 Å². The summed E-state index contributed by atoms with van der Waals surface area (Å²) in [5.41, 5.74) is 0.879. The molecular formula is C18H24N4O3. The summed E-state index contributed by atoms with van der Waals surface area (Å²) in [4.78, 5) is 18.6. The van der Waals surface area contributed by atoms with Crippen LogP contribution in [0.2, 0.25) is 0 Å². The van der Waals surface area contributed by atoms with Crippen LogP contribution in [0.4, 0.5) is 0 Å². The van der Waals surface area contributed by atoms with Gasteiger partial charge in [-0.1, -0.05) is 5.16 Å². The number of aromatic nitrogens is 2. The van der Waals surface area contributed by atoms with Gasteiger partial charge < -0.3 is 19.5 Å². The van der Waals surface area contributed by atoms with Crippen LogP contribution in [0.5, 0.6) is 5.75 Å². The first-order chi connectivity index (χ1) is 12.3. The molecule has 0 bridgehead atoms. The molecular weight excluding hydrogens is 320 g/mol. The molecule has 134 valence electrons. The van der Waals surface area contributed by atoms with Crippen LogP contribution in [-0.2, 0) is 11.2 Å². The van der Waals surface area contributed by atoms with Crippen LogP contribution in [0, 0.1) is 0 Å². The summed E-state index contributed by atoms with van der Waals surface area (Å²) in [6.07, 6.45) is 2.86. The third kappa shape index (κ3) is 4.79. The average molecular weight is 344 g/mol. The molecule has 0 aliphatic carbocycles. The molecule has 1 N–H and O–H groups in total. The first-order valence-electron chi connectivity index (χ1n) is 8.72. The highest BCUT2D eigenvalue weighted by Gasteiger charge is 2.15. The van der Waals surface area contributed by atoms with Gasteiger partial charge in [0.2, 0.25) is 17.6 Å². The van der Waals surface area contributed by atoms with Crippen molar-refractivity contribution in [1.29, 1.82) is 0 Å². The topological polar surface area (TPSA) is 80.5 Å². The van der Waals surface area contributed by atoms with Crippen molar-refractivity contribution in [2.24, 2.45) is 0 Å². The molecule has 1 aromatic heterocycles. The number of aryl methyl sites for hydroxylation is 1. The molecule has 7 nitrogen and oxygen atoms in total. The predicted molar refractivity (Wildman–Crippen MR) is 93.3 cm³/mol. The van der Waals surface area contributed by atoms with Crippen molar-refractivity contribution in [2.45, 2.75) is 25.7 Å². The Balaban J connectivity index is 1.48. The second kappa shape index (κ2) is 8.62. The lowest BCUT2D eigenvalue weighted by Gasteiger charge is -2.19. The van der Waals surface area contributed by atoms with Gasteiger partial charge in [0.1, 0.15) is 5.75 Å². The molecule has 1 fully saturated rings. The predicted octanol–water partition coefficient (Wildman–Crippen LogP) is 1.89. The molecule has 1 amide bonds. The van der Waals surface area contributed by atoms with Crippen LogP contribution < -0.4 is 10.1 Å². The molecule has 25 heavy (non-hydrogen) atoms. The van der Waals surface area contributed by atoms with Crippen LogP contribution in [0.1, 0.15) is 25.2 Å². The van der Waals surface area contributed by atoms with E-state index in [1.165, 1.54) is 0 Å². The van der Waals surface area contributed by atoms with Crippen LogP contribution in [0.15, 0.2) is 28.8 Å². The normalized spacial score (nSPS) is 15.0. The fourth-order valence-corrected chi connectivity index (χ4v) is 2.86. The molecule has 0 radical (unpaired) electrons. The Kier molecular flexibility index (Phi) is 6.00. The van der Waals surface area contributed by atoms with Gasteiger partial charge in [-0.25, -0.2) is 0 Å². The minimum absolute atomic E-state index is 0.207. The maximum Gasteiger partial charge on any atom is 0.226 e. The average Bonchev–Trinajstić information content (AvgIpc) is 2.94. The number of hydrogen-bond donors (Lipinski definition) is 1. The standard InChI is InChI=1S/C18H24N4O3/c1-24-15-8-6-14(7-9-15)18-20-16(25-21-18)4-2-5-17(23)22-12-3-10-19-11-13-22/h6-9,19H,2-5,10-13H2,1H3. The van der Waals surface area contributed by atoms with Gasteiger partial charge in [-0.15, -0.1) is 0 Å². The van der Waals surface area contributed by atoms with E-state index in [1.54, 1.807) is 7.11 Å². The summed E-state index contributed by atoms with van der Waals surface area (Å²) in [6, 6.07) is 7.51. The van der Waals surface area contributed by atoms with E-state index >= 15 is 0 Å². The van der Waals surface area contributed by atoms with Crippen LogP contribution in [-0.4, -0.2) is 54.2 Å². The third-order valence-electron chi connectivity index (χ3n) is 4.29. The monoisotopic (exact) mass is 344 g/mol. The van der Waals surface area contributed by atoms with E-state index in [9.17, 15) is 4.79 Å². The molecule has 0 saturated carbocycles. The highest BCUT2D eigenvalue weighted by atomic mass is 16.5. The Bertz CT molecular complexity index is 676. The summed E-state index contributed by atoms with van der Waals surface area (Å²) >= 11 is 0. The highest BCUT2D eigenvalue weighted by molar-refractivity contribution is 5.76. The van der Waals surface area contributed by atoms with Gasteiger partial charge in [-0.05, 0) is 43.7 Å². The number of nitrogens with one attached hydrogen (secondary N) is 1. The number of nitrogens with zero attached hydrogens (tertiary/aromatic N) is 3. The molecule has 2 heterocycles. The molecule has 7 heteroatoms. The Hall–Kier alpha value is -2.41. The first kappa shape index (κ1) is 17.4. The maximum atomic E-state index is 12.2. The summed E-state index contributed by atoms with van der Waals surface area (Å²) in [7, 11) is 1.63. The Labute approximate surface area is 147 Å². The zero-order valence-corrected chi connectivity index (χ0v) is 14.5. The van der Waals surface area contributed by atoms with E-state index in [1.807, 2.05) is 29.2 Å². The van der Waals surface area contributed by atoms with Crippen molar-refractivity contribution < 1.29 is 14.1 Å². The van der Waals surface area contributed by atoms with E-state index in [0.717, 1.165) is 43.9 Å². The number of carbonyl (C=O) groups is 1. The van der Waals surface area contributed by atoms with E-state index in [0.29, 0.717) is 31.0 Å². The fourth-order valence-electron chi connectivity index (χ4n) is 2.86. The molecule has 0 spiro atoms. The number of methoxy groups -OCH3 is 1. The van der Waals surface area contributed by atoms with Crippen molar-refractivity contribution >= 4 is 5.91 Å². The molecule has 2 aromatic rings. The smallest absolute Gasteiger partial charge is 0.226 e. The van der Waals surface area contributed by atoms with E-state index in [-0.39, 0.29) is 5.91 Å². The summed E-state index contributed by atoms with van der Waals surface area (Å²) in [6.45, 7) is 3.50. The van der Waals surface area contributed by atoms with Crippen molar-refractivity contribution in [3.63, 3.8) is 0 Å². The van der Waals surface area contributed by atoms with Crippen molar-refractivity contribution in [3.8, 4) is 17.1 Å². The number of rotatable bonds is 6. The number of amides is 1. The summed E-state index contributed by atoms with van der Waals surface area (Å²) in [5, 5.41) is 7.32. The Morgan fingerprint density at radius 1 is 1.28 bits per heavy atom. The van der Waals surface area contributed by atoms with Gasteiger partial charge in [-0.2, -0.15) is 4.98 Å². The number of carbonyl (C=O) groups excluding carboxylic acids is 1. The van der Waals surface area contributed by atoms with Gasteiger partial charge in [0.05, 0.1) is 7.11 Å². The molecule has 0 unspecified atom stereocenters. The van der Waals surface area contributed by atoms with Gasteiger partial charge in [0.25, 0.3) is 0 Å². The van der Waals surface area contributed by atoms with Crippen molar-refractivity contribution in [3.05, 3.63) is 30.2 Å². The fraction of sp³-hybridized carbons (Fsp3) is 0.500. The number of benzene rings is 1. The number of ether oxygens (including phenoxy) is 1. The van der Waals surface area contributed by atoms with E-state index < -0.39 is 0 Å². The van der Waals surface area contributed by atoms with Crippen LogP contribution in [0.25, 0.3) is 11.4 Å². The zero-order chi connectivity index (χ0) is 17.5. The Morgan fingerprint density at radius 2 is 2.12 bits per heavy atom. The van der Waals surface area contributed by atoms with Gasteiger partial charge in [-0.3, -0.25) is 4.79 Å². The summed E-state index contributed by atoms with van der Waals surface area (Å²) in [5.74, 6) is 2.12. The third-order valence-corrected chi connectivity index (χ3v) is 4.29. The molecule has 1 aromatic carbocycles. The molecule has 1 aliphatic heterocycles. The minimum Gasteiger partial charge on any atom is -0.497 e. The van der Waals surface area contributed by atoms with Gasteiger partial charge >= 0.3 is 0 Å². The molecule has 1 saturated heterocycles. The van der Waals surface area contributed by atoms with Crippen molar-refractivity contribution in [1.82, 2.24) is 20.4 Å². The molecule has 3 rings (SSSR count). The second-order valence-electron chi connectivity index (χ2n) is 6.08. The lowest BCUT2D eigenvalue weighted by atomic mass is 10.2. The SMILES string of the molecule is COc1ccc(-c2noc(CCCC(=O)N3CCCNCC3)n2)cc1. The van der Waals surface area contributed by atoms with Gasteiger partial charge in [0.15, 0.2) is 0 Å². The molecule has 0 atom stereocenters. The highest BCUT2D eigenvalue weighted by Crippen LogP contribution is 2.20. The number of hydrogen-bond acceptors (Lipinski definition) is 6. The lowest BCUT2D eigenvalue weighted by Crippen LogP contribution is -2.34. The lowest BCUT2D eigenvalue weighted by molar-refractivity contribution is -0.131. The largest absolute Gasteiger partial charge is 0.497 e. The summed E-state index contributed by atoms with van der Waals surface area (Å²) < 4.78 is 10.4. The van der Waals surface area contributed by atoms with E-state index in [2.05, 4.69) is 15.5 Å². The van der Waals surface area contributed by atoms with Crippen molar-refractivity contribution in [2.75, 3.05) is 33.3 Å². The zero-order valence-electron chi connectivity index (χ0n) is 14.5. The Morgan fingerprint density at radius 3 is 2.92 bits per heavy atom.